The SMILES string of the molecule is O=C(c1ccccc1F)[N+]1(c2ccc(C(F)(F)F)cc2)CC2(CCNCC2)c2cc(Cl)ccc21. The predicted molar refractivity (Wildman–Crippen MR) is 124 cm³/mol. The van der Waals surface area contributed by atoms with Gasteiger partial charge < -0.3 is 5.32 Å². The third kappa shape index (κ3) is 3.54. The lowest BCUT2D eigenvalue weighted by atomic mass is 9.75. The van der Waals surface area contributed by atoms with Crippen molar-refractivity contribution in [1.82, 2.24) is 9.80 Å². The second kappa shape index (κ2) is 8.18. The van der Waals surface area contributed by atoms with E-state index in [1.54, 1.807) is 18.2 Å². The molecule has 1 N–H and O–H groups in total. The second-order valence-electron chi connectivity index (χ2n) is 8.99. The number of alkyl halides is 3. The maximum atomic E-state index is 14.9. The molecule has 3 nitrogen and oxygen atoms in total. The van der Waals surface area contributed by atoms with Gasteiger partial charge in [-0.1, -0.05) is 23.7 Å². The van der Waals surface area contributed by atoms with Gasteiger partial charge in [-0.25, -0.2) is 9.18 Å². The monoisotopic (exact) mass is 489 g/mol. The summed E-state index contributed by atoms with van der Waals surface area (Å²) < 4.78 is 54.3. The molecule has 2 heterocycles. The summed E-state index contributed by atoms with van der Waals surface area (Å²) >= 11 is 6.37. The Morgan fingerprint density at radius 3 is 2.29 bits per heavy atom. The van der Waals surface area contributed by atoms with E-state index >= 15 is 0 Å². The molecule has 2 aliphatic rings. The summed E-state index contributed by atoms with van der Waals surface area (Å²) in [5.41, 5.74) is 0.550. The summed E-state index contributed by atoms with van der Waals surface area (Å²) in [4.78, 5) is 14.2. The van der Waals surface area contributed by atoms with Crippen LogP contribution in [-0.2, 0) is 11.6 Å². The molecule has 1 spiro atoms. The quantitative estimate of drug-likeness (QED) is 0.324. The van der Waals surface area contributed by atoms with Crippen molar-refractivity contribution < 1.29 is 22.4 Å². The number of carbonyl (C=O) groups is 1. The third-order valence-electron chi connectivity index (χ3n) is 7.13. The Labute approximate surface area is 199 Å². The number of piperidine rings is 1. The number of carbonyl (C=O) groups excluding carboxylic acids is 1. The number of fused-ring (bicyclic) bond motifs is 2. The summed E-state index contributed by atoms with van der Waals surface area (Å²) in [5, 5.41) is 3.85. The number of hydrogen-bond acceptors (Lipinski definition) is 2. The molecular formula is C26H22ClF4N2O+. The molecule has 1 amide bonds. The van der Waals surface area contributed by atoms with E-state index in [9.17, 15) is 22.4 Å². The fourth-order valence-electron chi connectivity index (χ4n) is 5.50. The van der Waals surface area contributed by atoms with Crippen LogP contribution < -0.4 is 9.80 Å². The van der Waals surface area contributed by atoms with Gasteiger partial charge in [0.2, 0.25) is 0 Å². The first-order chi connectivity index (χ1) is 16.2. The van der Waals surface area contributed by atoms with Crippen LogP contribution in [0.3, 0.4) is 0 Å². The van der Waals surface area contributed by atoms with E-state index in [1.165, 1.54) is 30.3 Å². The first kappa shape index (κ1) is 23.0. The van der Waals surface area contributed by atoms with E-state index in [0.29, 0.717) is 16.4 Å². The smallest absolute Gasteiger partial charge is 0.317 e. The first-order valence-electron chi connectivity index (χ1n) is 11.0. The molecule has 34 heavy (non-hydrogen) atoms. The molecule has 5 rings (SSSR count). The van der Waals surface area contributed by atoms with Crippen molar-refractivity contribution in [2.45, 2.75) is 24.4 Å². The van der Waals surface area contributed by atoms with Crippen LogP contribution >= 0.6 is 11.6 Å². The van der Waals surface area contributed by atoms with Gasteiger partial charge in [-0.2, -0.15) is 17.7 Å². The Hall–Kier alpha value is -2.74. The van der Waals surface area contributed by atoms with Crippen LogP contribution in [0, 0.1) is 5.82 Å². The van der Waals surface area contributed by atoms with E-state index < -0.39 is 33.4 Å². The van der Waals surface area contributed by atoms with Crippen molar-refractivity contribution in [3.05, 3.63) is 94.3 Å². The topological polar surface area (TPSA) is 29.1 Å². The molecule has 176 valence electrons. The molecule has 8 heteroatoms. The minimum absolute atomic E-state index is 0.103. The highest BCUT2D eigenvalue weighted by molar-refractivity contribution is 6.30. The number of amides is 1. The van der Waals surface area contributed by atoms with E-state index in [-0.39, 0.29) is 12.1 Å². The lowest BCUT2D eigenvalue weighted by Gasteiger charge is -2.37. The van der Waals surface area contributed by atoms with Crippen molar-refractivity contribution in [1.29, 1.82) is 0 Å². The molecule has 0 radical (unpaired) electrons. The minimum Gasteiger partial charge on any atom is -0.317 e. The van der Waals surface area contributed by atoms with Gasteiger partial charge in [-0.15, -0.1) is 0 Å². The lowest BCUT2D eigenvalue weighted by Crippen LogP contribution is -2.53. The molecular weight excluding hydrogens is 468 g/mol. The van der Waals surface area contributed by atoms with E-state index in [2.05, 4.69) is 5.32 Å². The molecule has 1 saturated heterocycles. The number of quaternary nitrogens is 1. The highest BCUT2D eigenvalue weighted by atomic mass is 35.5. The molecule has 3 aromatic carbocycles. The second-order valence-corrected chi connectivity index (χ2v) is 9.43. The molecule has 0 saturated carbocycles. The molecule has 1 unspecified atom stereocenters. The zero-order valence-electron chi connectivity index (χ0n) is 18.1. The molecule has 0 bridgehead atoms. The molecule has 1 fully saturated rings. The first-order valence-corrected chi connectivity index (χ1v) is 11.4. The van der Waals surface area contributed by atoms with Crippen LogP contribution in [0.4, 0.5) is 28.9 Å². The summed E-state index contributed by atoms with van der Waals surface area (Å²) in [6, 6.07) is 15.6. The van der Waals surface area contributed by atoms with Crippen LogP contribution in [0.15, 0.2) is 66.7 Å². The van der Waals surface area contributed by atoms with Crippen molar-refractivity contribution in [3.8, 4) is 0 Å². The Bertz CT molecular complexity index is 1250. The highest BCUT2D eigenvalue weighted by Crippen LogP contribution is 2.55. The van der Waals surface area contributed by atoms with Crippen LogP contribution in [0.25, 0.3) is 0 Å². The Morgan fingerprint density at radius 1 is 0.971 bits per heavy atom. The maximum absolute atomic E-state index is 14.9. The normalized spacial score (nSPS) is 21.4. The van der Waals surface area contributed by atoms with Gasteiger partial charge in [0.1, 0.15) is 29.3 Å². The molecule has 0 aliphatic carbocycles. The zero-order valence-corrected chi connectivity index (χ0v) is 18.9. The minimum atomic E-state index is -4.51. The van der Waals surface area contributed by atoms with Gasteiger partial charge in [0, 0.05) is 28.8 Å². The van der Waals surface area contributed by atoms with Gasteiger partial charge >= 0.3 is 12.1 Å². The highest BCUT2D eigenvalue weighted by Gasteiger charge is 2.59. The number of nitrogens with zero attached hydrogens (tertiary/aromatic N) is 1. The largest absolute Gasteiger partial charge is 0.416 e. The predicted octanol–water partition coefficient (Wildman–Crippen LogP) is 6.61. The summed E-state index contributed by atoms with van der Waals surface area (Å²) in [7, 11) is 0. The average Bonchev–Trinajstić information content (AvgIpc) is 3.09. The van der Waals surface area contributed by atoms with Crippen molar-refractivity contribution >= 4 is 28.9 Å². The van der Waals surface area contributed by atoms with Gasteiger partial charge in [-0.05, 0) is 62.3 Å². The zero-order chi connectivity index (χ0) is 24.1. The van der Waals surface area contributed by atoms with Gasteiger partial charge in [-0.3, -0.25) is 0 Å². The fourth-order valence-corrected chi connectivity index (χ4v) is 5.67. The number of halogens is 5. The lowest BCUT2D eigenvalue weighted by molar-refractivity contribution is -0.137. The summed E-state index contributed by atoms with van der Waals surface area (Å²) in [6.07, 6.45) is -3.05. The van der Waals surface area contributed by atoms with Crippen molar-refractivity contribution in [3.63, 3.8) is 0 Å². The standard InChI is InChI=1S/C26H22ClF4N2O/c27-18-7-10-23-21(15-18)25(11-13-32-14-12-25)16-33(23,24(34)20-3-1-2-4-22(20)28)19-8-5-17(6-9-19)26(29,30)31/h1-10,15,32H,11-14,16H2/q+1. The Morgan fingerprint density at radius 2 is 1.65 bits per heavy atom. The van der Waals surface area contributed by atoms with Gasteiger partial charge in [0.25, 0.3) is 0 Å². The van der Waals surface area contributed by atoms with E-state index in [1.807, 2.05) is 6.07 Å². The summed E-state index contributed by atoms with van der Waals surface area (Å²) in [6.45, 7) is 1.74. The molecule has 3 aromatic rings. The maximum Gasteiger partial charge on any atom is 0.416 e. The Balaban J connectivity index is 1.78. The van der Waals surface area contributed by atoms with Crippen molar-refractivity contribution in [2.75, 3.05) is 19.6 Å². The number of nitrogens with one attached hydrogen (secondary N) is 1. The number of rotatable bonds is 2. The third-order valence-corrected chi connectivity index (χ3v) is 7.36. The fraction of sp³-hybridized carbons (Fsp3) is 0.269. The number of benzene rings is 3. The summed E-state index contributed by atoms with van der Waals surface area (Å²) in [5.74, 6) is -1.18. The Kier molecular flexibility index (Phi) is 5.54. The van der Waals surface area contributed by atoms with Gasteiger partial charge in [0.15, 0.2) is 0 Å². The van der Waals surface area contributed by atoms with Crippen LogP contribution in [0.5, 0.6) is 0 Å². The average molecular weight is 490 g/mol. The van der Waals surface area contributed by atoms with Crippen LogP contribution in [0.2, 0.25) is 5.02 Å². The van der Waals surface area contributed by atoms with Crippen LogP contribution in [-0.4, -0.2) is 25.5 Å². The molecule has 0 aromatic heterocycles. The molecule has 2 aliphatic heterocycles. The van der Waals surface area contributed by atoms with Crippen molar-refractivity contribution in [2.24, 2.45) is 0 Å². The number of hydrogen-bond donors (Lipinski definition) is 1. The van der Waals surface area contributed by atoms with Crippen LogP contribution in [0.1, 0.15) is 34.3 Å². The van der Waals surface area contributed by atoms with E-state index in [0.717, 1.165) is 43.6 Å². The molecule has 1 atom stereocenters. The van der Waals surface area contributed by atoms with E-state index in [4.69, 9.17) is 11.6 Å². The van der Waals surface area contributed by atoms with Gasteiger partial charge in [0.05, 0.1) is 11.0 Å².